The predicted molar refractivity (Wildman–Crippen MR) is 94.2 cm³/mol. The highest BCUT2D eigenvalue weighted by Crippen LogP contribution is 2.24. The fourth-order valence-electron chi connectivity index (χ4n) is 1.91. The van der Waals surface area contributed by atoms with Gasteiger partial charge in [-0.15, -0.1) is 0 Å². The van der Waals surface area contributed by atoms with Gasteiger partial charge in [0.15, 0.2) is 5.84 Å². The third kappa shape index (κ3) is 4.18. The molecule has 0 aliphatic rings. The van der Waals surface area contributed by atoms with Crippen LogP contribution in [-0.2, 0) is 0 Å². The van der Waals surface area contributed by atoms with Gasteiger partial charge in [0.25, 0.3) is 5.91 Å². The first-order chi connectivity index (χ1) is 11.5. The Morgan fingerprint density at radius 1 is 1.21 bits per heavy atom. The van der Waals surface area contributed by atoms with Crippen LogP contribution in [-0.4, -0.2) is 17.5 Å². The Morgan fingerprint density at radius 2 is 1.92 bits per heavy atom. The average Bonchev–Trinajstić information content (AvgIpc) is 2.58. The van der Waals surface area contributed by atoms with Gasteiger partial charge in [-0.25, -0.2) is 0 Å². The van der Waals surface area contributed by atoms with Gasteiger partial charge in [-0.3, -0.25) is 15.6 Å². The number of carbonyl (C=O) groups excluding carboxylic acids is 1. The molecule has 0 aromatic heterocycles. The number of nitrogens with zero attached hydrogens (tertiary/aromatic N) is 2. The van der Waals surface area contributed by atoms with Crippen LogP contribution in [0.2, 0.25) is 0 Å². The summed E-state index contributed by atoms with van der Waals surface area (Å²) >= 11 is 0. The molecule has 120 valence electrons. The number of nitriles is 1. The molecule has 2 rings (SSSR count). The van der Waals surface area contributed by atoms with E-state index in [0.717, 1.165) is 5.56 Å². The summed E-state index contributed by atoms with van der Waals surface area (Å²) in [5.74, 6) is -0.703. The highest BCUT2D eigenvalue weighted by Gasteiger charge is 2.09. The second-order valence-corrected chi connectivity index (χ2v) is 4.97. The summed E-state index contributed by atoms with van der Waals surface area (Å²) in [6.45, 7) is 1.88. The Kier molecular flexibility index (Phi) is 5.26. The number of carbonyl (C=O) groups is 1. The minimum absolute atomic E-state index is 0.239. The first-order valence-electron chi connectivity index (χ1n) is 7.06. The molecule has 1 amide bonds. The minimum Gasteiger partial charge on any atom is -0.382 e. The highest BCUT2D eigenvalue weighted by atomic mass is 16.1. The first kappa shape index (κ1) is 16.7. The van der Waals surface area contributed by atoms with Crippen LogP contribution >= 0.6 is 0 Å². The monoisotopic (exact) mass is 320 g/mol. The van der Waals surface area contributed by atoms with Gasteiger partial charge >= 0.3 is 0 Å². The van der Waals surface area contributed by atoms with Gasteiger partial charge in [-0.05, 0) is 36.8 Å². The quantitative estimate of drug-likeness (QED) is 0.383. The van der Waals surface area contributed by atoms with E-state index in [4.69, 9.17) is 16.4 Å². The van der Waals surface area contributed by atoms with Gasteiger partial charge in [0, 0.05) is 5.56 Å². The number of amides is 1. The Morgan fingerprint density at radius 3 is 2.54 bits per heavy atom. The van der Waals surface area contributed by atoms with E-state index in [0.29, 0.717) is 16.9 Å². The van der Waals surface area contributed by atoms with Crippen molar-refractivity contribution in [2.75, 3.05) is 10.7 Å². The molecule has 0 heterocycles. The topological polar surface area (TPSA) is 127 Å². The predicted octanol–water partition coefficient (Wildman–Crippen LogP) is 2.47. The summed E-state index contributed by atoms with van der Waals surface area (Å²) in [6, 6.07) is 15.9. The van der Waals surface area contributed by atoms with E-state index in [-0.39, 0.29) is 11.6 Å². The van der Waals surface area contributed by atoms with Crippen LogP contribution in [0.15, 0.2) is 53.6 Å². The number of hydrogen-bond donors (Lipinski definition) is 4. The van der Waals surface area contributed by atoms with E-state index in [9.17, 15) is 4.79 Å². The fourth-order valence-corrected chi connectivity index (χ4v) is 1.91. The summed E-state index contributed by atoms with van der Waals surface area (Å²) in [5, 5.41) is 22.7. The number of nitrogens with one attached hydrogen (secondary N) is 3. The van der Waals surface area contributed by atoms with Crippen molar-refractivity contribution in [1.82, 2.24) is 0 Å². The van der Waals surface area contributed by atoms with E-state index in [1.165, 1.54) is 0 Å². The van der Waals surface area contributed by atoms with Crippen LogP contribution in [0, 0.1) is 23.7 Å². The summed E-state index contributed by atoms with van der Waals surface area (Å²) in [5.41, 5.74) is 10.1. The lowest BCUT2D eigenvalue weighted by molar-refractivity contribution is 0.102. The van der Waals surface area contributed by atoms with E-state index >= 15 is 0 Å². The maximum Gasteiger partial charge on any atom is 0.255 e. The number of nitrogens with two attached hydrogens (primary N) is 1. The van der Waals surface area contributed by atoms with Gasteiger partial charge in [0.05, 0.1) is 11.4 Å². The van der Waals surface area contributed by atoms with Crippen LogP contribution in [0.1, 0.15) is 15.9 Å². The van der Waals surface area contributed by atoms with Crippen LogP contribution in [0.4, 0.5) is 11.4 Å². The molecule has 0 saturated carbocycles. The third-order valence-electron chi connectivity index (χ3n) is 3.11. The SMILES string of the molecule is Cc1ccc(NC(=O)c2ccccc2)c(N/N=C(\C#N)C(=N)N)c1. The van der Waals surface area contributed by atoms with E-state index in [2.05, 4.69) is 15.8 Å². The van der Waals surface area contributed by atoms with E-state index in [1.807, 2.05) is 19.1 Å². The van der Waals surface area contributed by atoms with Crippen LogP contribution in [0.25, 0.3) is 0 Å². The molecule has 24 heavy (non-hydrogen) atoms. The van der Waals surface area contributed by atoms with Crippen molar-refractivity contribution >= 4 is 28.8 Å². The number of amidine groups is 1. The average molecular weight is 320 g/mol. The van der Waals surface area contributed by atoms with Gasteiger partial charge in [-0.1, -0.05) is 24.3 Å². The molecule has 0 fully saturated rings. The zero-order chi connectivity index (χ0) is 17.5. The van der Waals surface area contributed by atoms with Gasteiger partial charge in [0.1, 0.15) is 6.07 Å². The number of anilines is 2. The van der Waals surface area contributed by atoms with Crippen molar-refractivity contribution in [2.24, 2.45) is 10.8 Å². The molecular weight excluding hydrogens is 304 g/mol. The maximum atomic E-state index is 12.3. The minimum atomic E-state index is -0.437. The Bertz CT molecular complexity index is 836. The lowest BCUT2D eigenvalue weighted by atomic mass is 10.1. The Balaban J connectivity index is 2.27. The maximum absolute atomic E-state index is 12.3. The molecular formula is C17H16N6O. The third-order valence-corrected chi connectivity index (χ3v) is 3.11. The molecule has 0 saturated heterocycles. The Labute approximate surface area is 139 Å². The summed E-state index contributed by atoms with van der Waals surface area (Å²) in [4.78, 5) is 12.3. The number of hydrazone groups is 1. The molecule has 7 heteroatoms. The smallest absolute Gasteiger partial charge is 0.255 e. The zero-order valence-corrected chi connectivity index (χ0v) is 13.0. The second kappa shape index (κ2) is 7.56. The number of rotatable bonds is 5. The van der Waals surface area contributed by atoms with Gasteiger partial charge < -0.3 is 11.1 Å². The number of benzene rings is 2. The van der Waals surface area contributed by atoms with Gasteiger partial charge in [-0.2, -0.15) is 10.4 Å². The standard InChI is InChI=1S/C17H16N6O/c1-11-7-8-13(21-17(24)12-5-3-2-4-6-12)14(9-11)22-23-15(10-18)16(19)20/h2-9,22H,1H3,(H3,19,20)(H,21,24)/b23-15+. The number of hydrogen-bond acceptors (Lipinski definition) is 5. The molecule has 0 atom stereocenters. The van der Waals surface area contributed by atoms with Crippen LogP contribution in [0.5, 0.6) is 0 Å². The molecule has 2 aromatic rings. The molecule has 5 N–H and O–H groups in total. The molecule has 0 spiro atoms. The van der Waals surface area contributed by atoms with Crippen molar-refractivity contribution in [1.29, 1.82) is 10.7 Å². The number of aryl methyl sites for hydroxylation is 1. The molecule has 7 nitrogen and oxygen atoms in total. The van der Waals surface area contributed by atoms with E-state index in [1.54, 1.807) is 42.5 Å². The Hall–Kier alpha value is -3.66. The van der Waals surface area contributed by atoms with Crippen molar-refractivity contribution in [3.8, 4) is 6.07 Å². The highest BCUT2D eigenvalue weighted by molar-refractivity contribution is 6.45. The first-order valence-corrected chi connectivity index (χ1v) is 7.06. The van der Waals surface area contributed by atoms with Crippen molar-refractivity contribution in [3.63, 3.8) is 0 Å². The molecule has 0 unspecified atom stereocenters. The summed E-state index contributed by atoms with van der Waals surface area (Å²) < 4.78 is 0. The summed E-state index contributed by atoms with van der Waals surface area (Å²) in [7, 11) is 0. The van der Waals surface area contributed by atoms with Crippen LogP contribution < -0.4 is 16.5 Å². The van der Waals surface area contributed by atoms with E-state index < -0.39 is 5.84 Å². The van der Waals surface area contributed by atoms with Crippen LogP contribution in [0.3, 0.4) is 0 Å². The lowest BCUT2D eigenvalue weighted by Gasteiger charge is -2.12. The van der Waals surface area contributed by atoms with Crippen molar-refractivity contribution < 1.29 is 4.79 Å². The lowest BCUT2D eigenvalue weighted by Crippen LogP contribution is -2.22. The summed E-state index contributed by atoms with van der Waals surface area (Å²) in [6.07, 6.45) is 0. The largest absolute Gasteiger partial charge is 0.382 e. The van der Waals surface area contributed by atoms with Gasteiger partial charge in [0.2, 0.25) is 5.71 Å². The normalized spacial score (nSPS) is 10.6. The molecule has 0 aliphatic heterocycles. The zero-order valence-electron chi connectivity index (χ0n) is 13.0. The second-order valence-electron chi connectivity index (χ2n) is 4.97. The van der Waals surface area contributed by atoms with Crippen molar-refractivity contribution in [3.05, 3.63) is 59.7 Å². The fraction of sp³-hybridized carbons (Fsp3) is 0.0588. The molecule has 0 radical (unpaired) electrons. The molecule has 0 bridgehead atoms. The molecule has 2 aromatic carbocycles. The van der Waals surface area contributed by atoms with Crippen molar-refractivity contribution in [2.45, 2.75) is 6.92 Å². The molecule has 0 aliphatic carbocycles.